The van der Waals surface area contributed by atoms with Gasteiger partial charge < -0.3 is 9.84 Å². The molecular weight excluding hydrogens is 104 g/mol. The van der Waals surface area contributed by atoms with E-state index >= 15 is 0 Å². The van der Waals surface area contributed by atoms with E-state index in [0.717, 1.165) is 19.3 Å². The Balaban J connectivity index is 2.30. The lowest BCUT2D eigenvalue weighted by atomic mass is 10.3. The van der Waals surface area contributed by atoms with Crippen molar-refractivity contribution >= 4 is 0 Å². The predicted octanol–water partition coefficient (Wildman–Crippen LogP) is 0.546. The van der Waals surface area contributed by atoms with Crippen LogP contribution >= 0.6 is 0 Å². The van der Waals surface area contributed by atoms with Crippen LogP contribution in [0.5, 0.6) is 0 Å². The Labute approximate surface area is 49.5 Å². The van der Waals surface area contributed by atoms with E-state index in [4.69, 9.17) is 9.84 Å². The van der Waals surface area contributed by atoms with Crippen molar-refractivity contribution in [3.05, 3.63) is 0 Å². The smallest absolute Gasteiger partial charge is 0.0830 e. The van der Waals surface area contributed by atoms with E-state index in [0.29, 0.717) is 0 Å². The molecule has 0 bridgehead atoms. The first-order valence-electron chi connectivity index (χ1n) is 3.05. The SMILES string of the molecule is CO[C@H]1CCC[C@H]1O. The van der Waals surface area contributed by atoms with Crippen LogP contribution in [-0.2, 0) is 4.74 Å². The van der Waals surface area contributed by atoms with E-state index in [1.165, 1.54) is 0 Å². The third-order valence-electron chi connectivity index (χ3n) is 1.72. The lowest BCUT2D eigenvalue weighted by Crippen LogP contribution is -2.20. The average molecular weight is 116 g/mol. The van der Waals surface area contributed by atoms with Gasteiger partial charge in [0.1, 0.15) is 0 Å². The van der Waals surface area contributed by atoms with Gasteiger partial charge in [0.2, 0.25) is 0 Å². The Morgan fingerprint density at radius 3 is 2.50 bits per heavy atom. The van der Waals surface area contributed by atoms with E-state index in [-0.39, 0.29) is 12.2 Å². The van der Waals surface area contributed by atoms with Crippen LogP contribution in [0.1, 0.15) is 19.3 Å². The number of aliphatic hydroxyl groups is 1. The molecule has 1 fully saturated rings. The fraction of sp³-hybridized carbons (Fsp3) is 1.00. The van der Waals surface area contributed by atoms with E-state index in [9.17, 15) is 0 Å². The van der Waals surface area contributed by atoms with Crippen molar-refractivity contribution in [2.24, 2.45) is 0 Å². The minimum absolute atomic E-state index is 0.120. The molecule has 48 valence electrons. The Morgan fingerprint density at radius 1 is 1.50 bits per heavy atom. The van der Waals surface area contributed by atoms with Gasteiger partial charge in [0.25, 0.3) is 0 Å². The maximum Gasteiger partial charge on any atom is 0.0830 e. The largest absolute Gasteiger partial charge is 0.390 e. The fourth-order valence-corrected chi connectivity index (χ4v) is 1.18. The van der Waals surface area contributed by atoms with Gasteiger partial charge >= 0.3 is 0 Å². The summed E-state index contributed by atoms with van der Waals surface area (Å²) in [7, 11) is 1.65. The monoisotopic (exact) mass is 116 g/mol. The maximum absolute atomic E-state index is 9.06. The number of ether oxygens (including phenoxy) is 1. The van der Waals surface area contributed by atoms with Crippen molar-refractivity contribution in [3.63, 3.8) is 0 Å². The zero-order chi connectivity index (χ0) is 5.98. The quantitative estimate of drug-likeness (QED) is 0.542. The van der Waals surface area contributed by atoms with Crippen molar-refractivity contribution in [2.45, 2.75) is 31.5 Å². The molecule has 2 atom stereocenters. The van der Waals surface area contributed by atoms with E-state index < -0.39 is 0 Å². The topological polar surface area (TPSA) is 29.5 Å². The highest BCUT2D eigenvalue weighted by Crippen LogP contribution is 2.20. The van der Waals surface area contributed by atoms with Gasteiger partial charge in [-0.2, -0.15) is 0 Å². The van der Waals surface area contributed by atoms with E-state index in [1.54, 1.807) is 7.11 Å². The summed E-state index contributed by atoms with van der Waals surface area (Å²) in [4.78, 5) is 0. The van der Waals surface area contributed by atoms with Crippen LogP contribution in [0.25, 0.3) is 0 Å². The van der Waals surface area contributed by atoms with Crippen molar-refractivity contribution in [1.29, 1.82) is 0 Å². The number of aliphatic hydroxyl groups excluding tert-OH is 1. The molecule has 2 nitrogen and oxygen atoms in total. The summed E-state index contributed by atoms with van der Waals surface area (Å²) in [6.07, 6.45) is 2.98. The Bertz CT molecular complexity index is 72.9. The summed E-state index contributed by atoms with van der Waals surface area (Å²) in [6, 6.07) is 0. The molecule has 1 aliphatic carbocycles. The molecule has 0 aromatic heterocycles. The molecule has 0 spiro atoms. The average Bonchev–Trinajstić information content (AvgIpc) is 2.14. The lowest BCUT2D eigenvalue weighted by molar-refractivity contribution is 0.00983. The molecule has 1 rings (SSSR count). The van der Waals surface area contributed by atoms with Crippen molar-refractivity contribution < 1.29 is 9.84 Å². The van der Waals surface area contributed by atoms with Crippen LogP contribution in [0.3, 0.4) is 0 Å². The van der Waals surface area contributed by atoms with E-state index in [1.807, 2.05) is 0 Å². The molecule has 2 heteroatoms. The van der Waals surface area contributed by atoms with Gasteiger partial charge in [-0.15, -0.1) is 0 Å². The second-order valence-corrected chi connectivity index (χ2v) is 2.27. The Hall–Kier alpha value is -0.0800. The minimum atomic E-state index is -0.194. The lowest BCUT2D eigenvalue weighted by Gasteiger charge is -2.10. The molecule has 1 N–H and O–H groups in total. The van der Waals surface area contributed by atoms with Crippen molar-refractivity contribution in [2.75, 3.05) is 7.11 Å². The third-order valence-corrected chi connectivity index (χ3v) is 1.72. The highest BCUT2D eigenvalue weighted by Gasteiger charge is 2.23. The van der Waals surface area contributed by atoms with Gasteiger partial charge in [-0.25, -0.2) is 0 Å². The molecule has 1 aliphatic rings. The number of hydrogen-bond acceptors (Lipinski definition) is 2. The van der Waals surface area contributed by atoms with Crippen LogP contribution in [0, 0.1) is 0 Å². The molecule has 0 unspecified atom stereocenters. The minimum Gasteiger partial charge on any atom is -0.390 e. The summed E-state index contributed by atoms with van der Waals surface area (Å²) in [6.45, 7) is 0. The van der Waals surface area contributed by atoms with Crippen molar-refractivity contribution in [3.8, 4) is 0 Å². The van der Waals surface area contributed by atoms with Crippen LogP contribution < -0.4 is 0 Å². The van der Waals surface area contributed by atoms with E-state index in [2.05, 4.69) is 0 Å². The summed E-state index contributed by atoms with van der Waals surface area (Å²) in [5.74, 6) is 0. The number of hydrogen-bond donors (Lipinski definition) is 1. The molecule has 1 saturated carbocycles. The Kier molecular flexibility index (Phi) is 1.86. The molecule has 0 heterocycles. The van der Waals surface area contributed by atoms with Gasteiger partial charge in [-0.3, -0.25) is 0 Å². The normalized spacial score (nSPS) is 38.2. The predicted molar refractivity (Wildman–Crippen MR) is 30.7 cm³/mol. The van der Waals surface area contributed by atoms with Crippen LogP contribution in [0.15, 0.2) is 0 Å². The van der Waals surface area contributed by atoms with Crippen LogP contribution in [-0.4, -0.2) is 24.4 Å². The Morgan fingerprint density at radius 2 is 2.25 bits per heavy atom. The summed E-state index contributed by atoms with van der Waals surface area (Å²) in [5.41, 5.74) is 0. The summed E-state index contributed by atoms with van der Waals surface area (Å²) >= 11 is 0. The first kappa shape index (κ1) is 6.05. The molecular formula is C6H12O2. The fourth-order valence-electron chi connectivity index (χ4n) is 1.18. The molecule has 0 aromatic rings. The van der Waals surface area contributed by atoms with Gasteiger partial charge in [-0.05, 0) is 19.3 Å². The summed E-state index contributed by atoms with van der Waals surface area (Å²) in [5, 5.41) is 9.06. The molecule has 0 aromatic carbocycles. The van der Waals surface area contributed by atoms with Gasteiger partial charge in [0.05, 0.1) is 12.2 Å². The standard InChI is InChI=1S/C6H12O2/c1-8-6-4-2-3-5(6)7/h5-7H,2-4H2,1H3/t5-,6+/m1/s1. The number of rotatable bonds is 1. The van der Waals surface area contributed by atoms with Crippen molar-refractivity contribution in [1.82, 2.24) is 0 Å². The highest BCUT2D eigenvalue weighted by molar-refractivity contribution is 4.76. The highest BCUT2D eigenvalue weighted by atomic mass is 16.5. The molecule has 0 radical (unpaired) electrons. The maximum atomic E-state index is 9.06. The molecule has 8 heavy (non-hydrogen) atoms. The third kappa shape index (κ3) is 1.01. The van der Waals surface area contributed by atoms with Gasteiger partial charge in [0.15, 0.2) is 0 Å². The molecule has 0 amide bonds. The first-order chi connectivity index (χ1) is 3.84. The zero-order valence-electron chi connectivity index (χ0n) is 5.13. The second-order valence-electron chi connectivity index (χ2n) is 2.27. The zero-order valence-corrected chi connectivity index (χ0v) is 5.13. The first-order valence-corrected chi connectivity index (χ1v) is 3.05. The van der Waals surface area contributed by atoms with Crippen LogP contribution in [0.4, 0.5) is 0 Å². The number of methoxy groups -OCH3 is 1. The summed E-state index contributed by atoms with van der Waals surface area (Å²) < 4.78 is 4.97. The van der Waals surface area contributed by atoms with Gasteiger partial charge in [-0.1, -0.05) is 0 Å². The second kappa shape index (κ2) is 2.46. The van der Waals surface area contributed by atoms with Gasteiger partial charge in [0, 0.05) is 7.11 Å². The van der Waals surface area contributed by atoms with Crippen LogP contribution in [0.2, 0.25) is 0 Å². The molecule has 0 aliphatic heterocycles. The molecule has 0 saturated heterocycles.